The monoisotopic (exact) mass is 336 g/mol. The maximum absolute atomic E-state index is 13.0. The van der Waals surface area contributed by atoms with Crippen molar-refractivity contribution in [3.05, 3.63) is 30.1 Å². The van der Waals surface area contributed by atoms with E-state index >= 15 is 0 Å². The van der Waals surface area contributed by atoms with Crippen molar-refractivity contribution in [3.8, 4) is 0 Å². The number of imidazole rings is 1. The number of rotatable bonds is 3. The van der Waals surface area contributed by atoms with Crippen LogP contribution in [-0.4, -0.2) is 38.8 Å². The van der Waals surface area contributed by atoms with Crippen molar-refractivity contribution in [2.75, 3.05) is 12.3 Å². The molecule has 124 valence electrons. The van der Waals surface area contributed by atoms with E-state index < -0.39 is 15.6 Å². The third kappa shape index (κ3) is 2.59. The summed E-state index contributed by atoms with van der Waals surface area (Å²) in [5, 5.41) is 0.0359. The number of anilines is 1. The molecule has 9 heteroatoms. The Labute approximate surface area is 135 Å². The van der Waals surface area contributed by atoms with Crippen molar-refractivity contribution in [1.29, 1.82) is 0 Å². The van der Waals surface area contributed by atoms with E-state index in [1.807, 2.05) is 13.8 Å². The first-order valence-electron chi connectivity index (χ1n) is 7.36. The van der Waals surface area contributed by atoms with Gasteiger partial charge in [-0.2, -0.15) is 4.31 Å². The Bertz CT molecular complexity index is 826. The second kappa shape index (κ2) is 5.27. The van der Waals surface area contributed by atoms with Crippen LogP contribution in [0, 0.1) is 6.92 Å². The number of aryl methyl sites for hydroxylation is 2. The van der Waals surface area contributed by atoms with Crippen LogP contribution in [0.2, 0.25) is 0 Å². The molecule has 0 saturated carbocycles. The van der Waals surface area contributed by atoms with Gasteiger partial charge in [-0.1, -0.05) is 0 Å². The van der Waals surface area contributed by atoms with Gasteiger partial charge in [0.25, 0.3) is 10.0 Å². The molecular formula is C14H20N6O2S. The number of nitrogen functional groups attached to an aromatic ring is 1. The zero-order chi connectivity index (χ0) is 16.8. The predicted octanol–water partition coefficient (Wildman–Crippen LogP) is 0.801. The number of hydrogen-bond donors (Lipinski definition) is 1. The van der Waals surface area contributed by atoms with E-state index in [2.05, 4.69) is 15.0 Å². The maximum atomic E-state index is 13.0. The van der Waals surface area contributed by atoms with E-state index in [-0.39, 0.29) is 5.03 Å². The number of sulfonamides is 1. The molecule has 0 unspecified atom stereocenters. The lowest BCUT2D eigenvalue weighted by molar-refractivity contribution is 0.254. The van der Waals surface area contributed by atoms with Gasteiger partial charge >= 0.3 is 0 Å². The van der Waals surface area contributed by atoms with Crippen molar-refractivity contribution in [2.24, 2.45) is 7.05 Å². The minimum Gasteiger partial charge on any atom is -0.384 e. The highest BCUT2D eigenvalue weighted by Gasteiger charge is 2.48. The van der Waals surface area contributed by atoms with Gasteiger partial charge in [0.2, 0.25) is 0 Å². The van der Waals surface area contributed by atoms with Crippen LogP contribution in [0.1, 0.15) is 31.3 Å². The third-order valence-electron chi connectivity index (χ3n) is 4.17. The molecule has 0 spiro atoms. The Morgan fingerprint density at radius 2 is 2.09 bits per heavy atom. The lowest BCUT2D eigenvalue weighted by Gasteiger charge is -2.32. The number of aromatic nitrogens is 4. The number of hydrogen-bond acceptors (Lipinski definition) is 6. The summed E-state index contributed by atoms with van der Waals surface area (Å²) in [7, 11) is -1.98. The van der Waals surface area contributed by atoms with E-state index in [1.54, 1.807) is 17.7 Å². The summed E-state index contributed by atoms with van der Waals surface area (Å²) in [5.41, 5.74) is 5.72. The molecular weight excluding hydrogens is 316 g/mol. The van der Waals surface area contributed by atoms with Crippen molar-refractivity contribution in [3.63, 3.8) is 0 Å². The van der Waals surface area contributed by atoms with Crippen LogP contribution < -0.4 is 5.73 Å². The standard InChI is InChI=1S/C14H20N6O2S/c1-10-7-11(15)18-13(17-10)14(2)5-4-6-20(14)23(21,22)12-8-19(3)9-16-12/h7-9H,4-6H2,1-3H3,(H2,15,17,18)/t14-/m0/s1. The van der Waals surface area contributed by atoms with E-state index in [0.717, 1.165) is 12.1 Å². The average molecular weight is 336 g/mol. The van der Waals surface area contributed by atoms with Gasteiger partial charge in [-0.25, -0.2) is 23.4 Å². The summed E-state index contributed by atoms with van der Waals surface area (Å²) in [6.07, 6.45) is 4.35. The van der Waals surface area contributed by atoms with Gasteiger partial charge in [-0.15, -0.1) is 0 Å². The first-order valence-corrected chi connectivity index (χ1v) is 8.80. The summed E-state index contributed by atoms with van der Waals surface area (Å²) in [6.45, 7) is 4.07. The third-order valence-corrected chi connectivity index (χ3v) is 6.07. The Morgan fingerprint density at radius 1 is 1.35 bits per heavy atom. The van der Waals surface area contributed by atoms with E-state index in [1.165, 1.54) is 16.8 Å². The zero-order valence-corrected chi connectivity index (χ0v) is 14.2. The van der Waals surface area contributed by atoms with E-state index in [9.17, 15) is 8.42 Å². The largest absolute Gasteiger partial charge is 0.384 e. The van der Waals surface area contributed by atoms with Gasteiger partial charge in [0, 0.05) is 31.5 Å². The SMILES string of the molecule is Cc1cc(N)nc([C@]2(C)CCCN2S(=O)(=O)c2cn(C)cn2)n1. The van der Waals surface area contributed by atoms with E-state index in [0.29, 0.717) is 24.6 Å². The molecule has 3 rings (SSSR count). The molecule has 0 radical (unpaired) electrons. The first kappa shape index (κ1) is 15.9. The highest BCUT2D eigenvalue weighted by molar-refractivity contribution is 7.89. The lowest BCUT2D eigenvalue weighted by Crippen LogP contribution is -2.44. The molecule has 1 saturated heterocycles. The zero-order valence-electron chi connectivity index (χ0n) is 13.4. The Morgan fingerprint density at radius 3 is 2.70 bits per heavy atom. The Kier molecular flexibility index (Phi) is 3.64. The second-order valence-corrected chi connectivity index (χ2v) is 7.90. The maximum Gasteiger partial charge on any atom is 0.262 e. The summed E-state index contributed by atoms with van der Waals surface area (Å²) in [4.78, 5) is 12.7. The van der Waals surface area contributed by atoms with Crippen LogP contribution in [-0.2, 0) is 22.6 Å². The normalized spacial score (nSPS) is 22.6. The van der Waals surface area contributed by atoms with Crippen LogP contribution in [0.3, 0.4) is 0 Å². The molecule has 3 heterocycles. The van der Waals surface area contributed by atoms with Crippen molar-refractivity contribution in [2.45, 2.75) is 37.3 Å². The summed E-state index contributed by atoms with van der Waals surface area (Å²) < 4.78 is 29.0. The van der Waals surface area contributed by atoms with Crippen molar-refractivity contribution < 1.29 is 8.42 Å². The van der Waals surface area contributed by atoms with Crippen molar-refractivity contribution in [1.82, 2.24) is 23.8 Å². The Hall–Kier alpha value is -2.00. The fraction of sp³-hybridized carbons (Fsp3) is 0.500. The summed E-state index contributed by atoms with van der Waals surface area (Å²) in [5.74, 6) is 0.780. The van der Waals surface area contributed by atoms with Gasteiger partial charge in [-0.05, 0) is 26.7 Å². The first-order chi connectivity index (χ1) is 10.7. The molecule has 2 N–H and O–H groups in total. The van der Waals surface area contributed by atoms with Crippen LogP contribution >= 0.6 is 0 Å². The molecule has 0 bridgehead atoms. The molecule has 0 aliphatic carbocycles. The molecule has 1 aliphatic heterocycles. The van der Waals surface area contributed by atoms with Gasteiger partial charge in [0.15, 0.2) is 10.9 Å². The molecule has 1 atom stereocenters. The van der Waals surface area contributed by atoms with Crippen LogP contribution in [0.25, 0.3) is 0 Å². The quantitative estimate of drug-likeness (QED) is 0.888. The minimum absolute atomic E-state index is 0.0359. The lowest BCUT2D eigenvalue weighted by atomic mass is 9.99. The topological polar surface area (TPSA) is 107 Å². The van der Waals surface area contributed by atoms with Crippen LogP contribution in [0.15, 0.2) is 23.6 Å². The Balaban J connectivity index is 2.09. The van der Waals surface area contributed by atoms with Crippen molar-refractivity contribution >= 4 is 15.8 Å². The molecule has 2 aromatic rings. The molecule has 2 aromatic heterocycles. The predicted molar refractivity (Wildman–Crippen MR) is 84.9 cm³/mol. The van der Waals surface area contributed by atoms with Gasteiger partial charge < -0.3 is 10.3 Å². The fourth-order valence-corrected chi connectivity index (χ4v) is 4.79. The highest BCUT2D eigenvalue weighted by Crippen LogP contribution is 2.40. The van der Waals surface area contributed by atoms with Crippen LogP contribution in [0.4, 0.5) is 5.82 Å². The number of nitrogens with two attached hydrogens (primary N) is 1. The fourth-order valence-electron chi connectivity index (χ4n) is 3.02. The molecule has 0 amide bonds. The van der Waals surface area contributed by atoms with E-state index in [4.69, 9.17) is 5.73 Å². The highest BCUT2D eigenvalue weighted by atomic mass is 32.2. The number of nitrogens with zero attached hydrogens (tertiary/aromatic N) is 5. The summed E-state index contributed by atoms with van der Waals surface area (Å²) in [6, 6.07) is 1.67. The summed E-state index contributed by atoms with van der Waals surface area (Å²) >= 11 is 0. The molecule has 23 heavy (non-hydrogen) atoms. The van der Waals surface area contributed by atoms with Gasteiger partial charge in [-0.3, -0.25) is 0 Å². The van der Waals surface area contributed by atoms with Gasteiger partial charge in [0.1, 0.15) is 5.82 Å². The van der Waals surface area contributed by atoms with Gasteiger partial charge in [0.05, 0.1) is 11.9 Å². The minimum atomic E-state index is -3.72. The molecule has 8 nitrogen and oxygen atoms in total. The molecule has 1 aliphatic rings. The molecule has 1 fully saturated rings. The van der Waals surface area contributed by atoms with Crippen LogP contribution in [0.5, 0.6) is 0 Å². The average Bonchev–Trinajstić information content (AvgIpc) is 3.05. The smallest absolute Gasteiger partial charge is 0.262 e. The second-order valence-electron chi connectivity index (χ2n) is 6.09. The molecule has 0 aromatic carbocycles.